The predicted molar refractivity (Wildman–Crippen MR) is 108 cm³/mol. The van der Waals surface area contributed by atoms with Crippen molar-refractivity contribution >= 4 is 17.4 Å². The van der Waals surface area contributed by atoms with Crippen LogP contribution in [0.3, 0.4) is 0 Å². The standard InChI is InChI=1S/C23H17N3O2/c27-22(17-10-5-2-6-11-17)18-12-7-13-19(14-18)24-23(28)21-15-20(25-26-21)16-8-3-1-4-9-16/h1-15H,(H,24,28)(H,25,26). The van der Waals surface area contributed by atoms with E-state index >= 15 is 0 Å². The third-order valence-electron chi connectivity index (χ3n) is 4.31. The molecular weight excluding hydrogens is 350 g/mol. The van der Waals surface area contributed by atoms with E-state index < -0.39 is 0 Å². The number of H-pyrrole nitrogens is 1. The Hall–Kier alpha value is -3.99. The average molecular weight is 367 g/mol. The maximum absolute atomic E-state index is 12.6. The molecule has 0 aliphatic carbocycles. The van der Waals surface area contributed by atoms with Crippen LogP contribution in [0.15, 0.2) is 91.0 Å². The number of ketones is 1. The van der Waals surface area contributed by atoms with E-state index in [9.17, 15) is 9.59 Å². The van der Waals surface area contributed by atoms with Gasteiger partial charge in [-0.25, -0.2) is 0 Å². The first-order valence-corrected chi connectivity index (χ1v) is 8.83. The highest BCUT2D eigenvalue weighted by atomic mass is 16.2. The van der Waals surface area contributed by atoms with E-state index in [1.807, 2.05) is 48.5 Å². The normalized spacial score (nSPS) is 10.4. The fourth-order valence-corrected chi connectivity index (χ4v) is 2.89. The minimum atomic E-state index is -0.320. The SMILES string of the molecule is O=C(c1ccccc1)c1cccc(NC(=O)c2cc(-c3ccccc3)n[nH]2)c1. The van der Waals surface area contributed by atoms with Crippen LogP contribution in [0, 0.1) is 0 Å². The highest BCUT2D eigenvalue weighted by molar-refractivity contribution is 6.10. The Bertz CT molecular complexity index is 1120. The number of anilines is 1. The number of nitrogens with zero attached hydrogens (tertiary/aromatic N) is 1. The Morgan fingerprint density at radius 3 is 2.18 bits per heavy atom. The second-order valence-electron chi connectivity index (χ2n) is 6.26. The van der Waals surface area contributed by atoms with Crippen molar-refractivity contribution in [2.75, 3.05) is 5.32 Å². The molecule has 1 amide bonds. The largest absolute Gasteiger partial charge is 0.321 e. The van der Waals surface area contributed by atoms with Gasteiger partial charge in [0, 0.05) is 22.4 Å². The number of nitrogens with one attached hydrogen (secondary N) is 2. The third-order valence-corrected chi connectivity index (χ3v) is 4.31. The summed E-state index contributed by atoms with van der Waals surface area (Å²) in [7, 11) is 0. The molecule has 4 rings (SSSR count). The minimum absolute atomic E-state index is 0.0930. The molecule has 28 heavy (non-hydrogen) atoms. The van der Waals surface area contributed by atoms with Crippen LogP contribution in [-0.2, 0) is 0 Å². The molecule has 0 unspecified atom stereocenters. The van der Waals surface area contributed by atoms with Crippen molar-refractivity contribution in [3.8, 4) is 11.3 Å². The Morgan fingerprint density at radius 1 is 0.750 bits per heavy atom. The predicted octanol–water partition coefficient (Wildman–Crippen LogP) is 4.56. The summed E-state index contributed by atoms with van der Waals surface area (Å²) in [6.45, 7) is 0. The summed E-state index contributed by atoms with van der Waals surface area (Å²) in [5, 5.41) is 9.76. The van der Waals surface area contributed by atoms with E-state index in [1.54, 1.807) is 42.5 Å². The molecule has 1 heterocycles. The first-order valence-electron chi connectivity index (χ1n) is 8.83. The summed E-state index contributed by atoms with van der Waals surface area (Å²) in [6.07, 6.45) is 0. The van der Waals surface area contributed by atoms with Crippen molar-refractivity contribution in [2.24, 2.45) is 0 Å². The maximum Gasteiger partial charge on any atom is 0.273 e. The fraction of sp³-hybridized carbons (Fsp3) is 0. The number of carbonyl (C=O) groups is 2. The van der Waals surface area contributed by atoms with Crippen LogP contribution in [0.2, 0.25) is 0 Å². The van der Waals surface area contributed by atoms with Crippen molar-refractivity contribution in [1.29, 1.82) is 0 Å². The first-order chi connectivity index (χ1) is 13.7. The molecule has 0 saturated carbocycles. The van der Waals surface area contributed by atoms with E-state index in [2.05, 4.69) is 15.5 Å². The lowest BCUT2D eigenvalue weighted by Crippen LogP contribution is -2.13. The number of aromatic amines is 1. The highest BCUT2D eigenvalue weighted by Gasteiger charge is 2.13. The van der Waals surface area contributed by atoms with Crippen LogP contribution in [-0.4, -0.2) is 21.9 Å². The number of aromatic nitrogens is 2. The monoisotopic (exact) mass is 367 g/mol. The van der Waals surface area contributed by atoms with Crippen LogP contribution in [0.25, 0.3) is 11.3 Å². The van der Waals surface area contributed by atoms with Crippen LogP contribution in [0.4, 0.5) is 5.69 Å². The summed E-state index contributed by atoms with van der Waals surface area (Å²) in [5.41, 5.74) is 3.62. The van der Waals surface area contributed by atoms with Gasteiger partial charge in [-0.2, -0.15) is 5.10 Å². The van der Waals surface area contributed by atoms with E-state index in [1.165, 1.54) is 0 Å². The van der Waals surface area contributed by atoms with Crippen LogP contribution in [0.5, 0.6) is 0 Å². The fourth-order valence-electron chi connectivity index (χ4n) is 2.89. The van der Waals surface area contributed by atoms with Gasteiger partial charge in [-0.15, -0.1) is 0 Å². The third kappa shape index (κ3) is 3.73. The number of amides is 1. The van der Waals surface area contributed by atoms with Crippen molar-refractivity contribution in [1.82, 2.24) is 10.2 Å². The molecule has 5 nitrogen and oxygen atoms in total. The van der Waals surface area contributed by atoms with Crippen molar-refractivity contribution in [3.05, 3.63) is 108 Å². The van der Waals surface area contributed by atoms with Crippen LogP contribution >= 0.6 is 0 Å². The Kier molecular flexibility index (Phi) is 4.80. The van der Waals surface area contributed by atoms with Gasteiger partial charge < -0.3 is 5.32 Å². The van der Waals surface area contributed by atoms with E-state index in [-0.39, 0.29) is 11.7 Å². The molecule has 5 heteroatoms. The molecule has 2 N–H and O–H groups in total. The number of hydrogen-bond acceptors (Lipinski definition) is 3. The number of benzene rings is 3. The highest BCUT2D eigenvalue weighted by Crippen LogP contribution is 2.19. The van der Waals surface area contributed by atoms with Gasteiger partial charge >= 0.3 is 0 Å². The van der Waals surface area contributed by atoms with Crippen LogP contribution < -0.4 is 5.32 Å². The van der Waals surface area contributed by atoms with Gasteiger partial charge in [0.25, 0.3) is 5.91 Å². The molecule has 0 atom stereocenters. The number of rotatable bonds is 5. The maximum atomic E-state index is 12.6. The summed E-state index contributed by atoms with van der Waals surface area (Å²) >= 11 is 0. The van der Waals surface area contributed by atoms with Crippen molar-refractivity contribution < 1.29 is 9.59 Å². The minimum Gasteiger partial charge on any atom is -0.321 e. The van der Waals surface area contributed by atoms with Gasteiger partial charge in [0.2, 0.25) is 0 Å². The molecule has 0 aliphatic rings. The second-order valence-corrected chi connectivity index (χ2v) is 6.26. The summed E-state index contributed by atoms with van der Waals surface area (Å²) in [5.74, 6) is -0.413. The van der Waals surface area contributed by atoms with E-state index in [4.69, 9.17) is 0 Å². The topological polar surface area (TPSA) is 74.8 Å². The molecule has 0 fully saturated rings. The molecule has 3 aromatic carbocycles. The zero-order valence-corrected chi connectivity index (χ0v) is 14.9. The Labute approximate surface area is 162 Å². The van der Waals surface area contributed by atoms with Crippen molar-refractivity contribution in [3.63, 3.8) is 0 Å². The zero-order valence-electron chi connectivity index (χ0n) is 14.9. The summed E-state index contributed by atoms with van der Waals surface area (Å²) in [4.78, 5) is 25.1. The molecule has 0 spiro atoms. The number of hydrogen-bond donors (Lipinski definition) is 2. The Balaban J connectivity index is 1.51. The van der Waals surface area contributed by atoms with Gasteiger partial charge in [0.05, 0.1) is 5.69 Å². The second kappa shape index (κ2) is 7.72. The molecule has 0 bridgehead atoms. The zero-order chi connectivity index (χ0) is 19.3. The first kappa shape index (κ1) is 17.4. The average Bonchev–Trinajstić information content (AvgIpc) is 3.25. The van der Waals surface area contributed by atoms with Gasteiger partial charge in [-0.05, 0) is 18.2 Å². The summed E-state index contributed by atoms with van der Waals surface area (Å²) in [6, 6.07) is 27.2. The van der Waals surface area contributed by atoms with Gasteiger partial charge in [-0.3, -0.25) is 14.7 Å². The van der Waals surface area contributed by atoms with Crippen molar-refractivity contribution in [2.45, 2.75) is 0 Å². The molecule has 0 radical (unpaired) electrons. The molecular formula is C23H17N3O2. The molecule has 1 aromatic heterocycles. The lowest BCUT2D eigenvalue weighted by molar-refractivity contribution is 0.101. The van der Waals surface area contributed by atoms with Gasteiger partial charge in [0.15, 0.2) is 5.78 Å². The molecule has 0 aliphatic heterocycles. The lowest BCUT2D eigenvalue weighted by Gasteiger charge is -2.06. The molecule has 4 aromatic rings. The quantitative estimate of drug-likeness (QED) is 0.508. The van der Waals surface area contributed by atoms with Gasteiger partial charge in [-0.1, -0.05) is 72.8 Å². The Morgan fingerprint density at radius 2 is 1.43 bits per heavy atom. The smallest absolute Gasteiger partial charge is 0.273 e. The van der Waals surface area contributed by atoms with Gasteiger partial charge in [0.1, 0.15) is 5.69 Å². The summed E-state index contributed by atoms with van der Waals surface area (Å²) < 4.78 is 0. The van der Waals surface area contributed by atoms with E-state index in [0.717, 1.165) is 5.56 Å². The molecule has 136 valence electrons. The van der Waals surface area contributed by atoms with Crippen LogP contribution in [0.1, 0.15) is 26.4 Å². The number of carbonyl (C=O) groups excluding carboxylic acids is 2. The van der Waals surface area contributed by atoms with E-state index in [0.29, 0.717) is 28.2 Å². The molecule has 0 saturated heterocycles. The lowest BCUT2D eigenvalue weighted by atomic mass is 10.0.